The zero-order valence-electron chi connectivity index (χ0n) is 14.9. The van der Waals surface area contributed by atoms with Crippen LogP contribution in [0.15, 0.2) is 36.4 Å². The number of rotatable bonds is 2. The molecule has 118 valence electrons. The minimum absolute atomic E-state index is 1.03. The van der Waals surface area contributed by atoms with Crippen molar-refractivity contribution >= 4 is 0 Å². The molecule has 0 bridgehead atoms. The Balaban J connectivity index is 2.09. The lowest BCUT2D eigenvalue weighted by molar-refractivity contribution is 0.779. The second-order valence-electron chi connectivity index (χ2n) is 6.57. The van der Waals surface area contributed by atoms with Crippen molar-refractivity contribution in [2.45, 2.75) is 34.6 Å². The average molecular weight is 304 g/mol. The van der Waals surface area contributed by atoms with E-state index in [0.29, 0.717) is 0 Å². The van der Waals surface area contributed by atoms with Crippen molar-refractivity contribution < 1.29 is 0 Å². The van der Waals surface area contributed by atoms with Gasteiger partial charge in [0.2, 0.25) is 0 Å². The predicted molar refractivity (Wildman–Crippen MR) is 97.8 cm³/mol. The lowest BCUT2D eigenvalue weighted by Crippen LogP contribution is -1.96. The molecule has 0 fully saturated rings. The highest BCUT2D eigenvalue weighted by Gasteiger charge is 2.11. The SMILES string of the molecule is Cc1ccc(-c2cc(-c3cc(C)c(C)c(C)c3)n(C)n2)cc1C. The summed E-state index contributed by atoms with van der Waals surface area (Å²) in [6.45, 7) is 10.8. The first kappa shape index (κ1) is 15.5. The maximum absolute atomic E-state index is 4.73. The number of hydrogen-bond donors (Lipinski definition) is 0. The topological polar surface area (TPSA) is 17.8 Å². The van der Waals surface area contributed by atoms with Crippen molar-refractivity contribution in [3.8, 4) is 22.5 Å². The lowest BCUT2D eigenvalue weighted by atomic mass is 9.98. The molecule has 0 saturated heterocycles. The molecule has 0 saturated carbocycles. The molecular weight excluding hydrogens is 280 g/mol. The van der Waals surface area contributed by atoms with Gasteiger partial charge >= 0.3 is 0 Å². The molecular formula is C21H24N2. The highest BCUT2D eigenvalue weighted by atomic mass is 15.3. The number of aromatic nitrogens is 2. The summed E-state index contributed by atoms with van der Waals surface area (Å²) < 4.78 is 1.98. The maximum atomic E-state index is 4.73. The summed E-state index contributed by atoms with van der Waals surface area (Å²) in [5.74, 6) is 0. The zero-order valence-corrected chi connectivity index (χ0v) is 14.9. The molecule has 2 heteroatoms. The van der Waals surface area contributed by atoms with Crippen LogP contribution >= 0.6 is 0 Å². The first-order valence-corrected chi connectivity index (χ1v) is 8.06. The third kappa shape index (κ3) is 2.81. The highest BCUT2D eigenvalue weighted by Crippen LogP contribution is 2.29. The van der Waals surface area contributed by atoms with Gasteiger partial charge in [-0.25, -0.2) is 0 Å². The van der Waals surface area contributed by atoms with Crippen LogP contribution in [0.1, 0.15) is 27.8 Å². The standard InChI is InChI=1S/C21H24N2/c1-13-7-8-18(9-14(13)2)20-12-21(23(6)22-20)19-10-15(3)17(5)16(4)11-19/h7-12H,1-6H3. The summed E-state index contributed by atoms with van der Waals surface area (Å²) in [6, 6.07) is 13.2. The molecule has 3 aromatic rings. The predicted octanol–water partition coefficient (Wildman–Crippen LogP) is 5.30. The van der Waals surface area contributed by atoms with Crippen LogP contribution in [0.3, 0.4) is 0 Å². The fraction of sp³-hybridized carbons (Fsp3) is 0.286. The first-order valence-electron chi connectivity index (χ1n) is 8.06. The molecule has 0 aliphatic carbocycles. The minimum atomic E-state index is 1.03. The molecule has 2 aromatic carbocycles. The fourth-order valence-corrected chi connectivity index (χ4v) is 2.96. The van der Waals surface area contributed by atoms with Crippen LogP contribution in [0, 0.1) is 34.6 Å². The molecule has 23 heavy (non-hydrogen) atoms. The number of aryl methyl sites for hydroxylation is 5. The van der Waals surface area contributed by atoms with Crippen molar-refractivity contribution in [1.82, 2.24) is 9.78 Å². The molecule has 0 radical (unpaired) electrons. The largest absolute Gasteiger partial charge is 0.267 e. The summed E-state index contributed by atoms with van der Waals surface area (Å²) in [5.41, 5.74) is 11.2. The van der Waals surface area contributed by atoms with Crippen LogP contribution in [0.5, 0.6) is 0 Å². The van der Waals surface area contributed by atoms with E-state index < -0.39 is 0 Å². The first-order chi connectivity index (χ1) is 10.9. The van der Waals surface area contributed by atoms with E-state index in [4.69, 9.17) is 5.10 Å². The van der Waals surface area contributed by atoms with Gasteiger partial charge in [-0.3, -0.25) is 4.68 Å². The third-order valence-electron chi connectivity index (χ3n) is 4.91. The molecule has 0 aliphatic heterocycles. The van der Waals surface area contributed by atoms with Gasteiger partial charge in [-0.05, 0) is 86.7 Å². The van der Waals surface area contributed by atoms with Crippen LogP contribution in [-0.4, -0.2) is 9.78 Å². The Morgan fingerprint density at radius 1 is 0.696 bits per heavy atom. The van der Waals surface area contributed by atoms with Crippen LogP contribution in [-0.2, 0) is 7.05 Å². The Morgan fingerprint density at radius 2 is 1.30 bits per heavy atom. The van der Waals surface area contributed by atoms with Crippen molar-refractivity contribution in [3.63, 3.8) is 0 Å². The fourth-order valence-electron chi connectivity index (χ4n) is 2.96. The smallest absolute Gasteiger partial charge is 0.0929 e. The average Bonchev–Trinajstić information content (AvgIpc) is 2.89. The Morgan fingerprint density at radius 3 is 1.91 bits per heavy atom. The van der Waals surface area contributed by atoms with Crippen molar-refractivity contribution in [2.75, 3.05) is 0 Å². The summed E-state index contributed by atoms with van der Waals surface area (Å²) in [5, 5.41) is 4.73. The molecule has 0 atom stereocenters. The summed E-state index contributed by atoms with van der Waals surface area (Å²) >= 11 is 0. The quantitative estimate of drug-likeness (QED) is 0.628. The number of benzene rings is 2. The Hall–Kier alpha value is -2.35. The molecule has 0 unspecified atom stereocenters. The van der Waals surface area contributed by atoms with E-state index in [1.807, 2.05) is 11.7 Å². The summed E-state index contributed by atoms with van der Waals surface area (Å²) in [7, 11) is 2.02. The van der Waals surface area contributed by atoms with Crippen LogP contribution in [0.4, 0.5) is 0 Å². The Bertz CT molecular complexity index is 862. The lowest BCUT2D eigenvalue weighted by Gasteiger charge is -2.09. The second kappa shape index (κ2) is 5.69. The van der Waals surface area contributed by atoms with Gasteiger partial charge in [0.15, 0.2) is 0 Å². The van der Waals surface area contributed by atoms with Crippen LogP contribution in [0.25, 0.3) is 22.5 Å². The molecule has 1 aromatic heterocycles. The highest BCUT2D eigenvalue weighted by molar-refractivity contribution is 5.70. The van der Waals surface area contributed by atoms with E-state index >= 15 is 0 Å². The maximum Gasteiger partial charge on any atom is 0.0929 e. The molecule has 0 amide bonds. The Kier molecular flexibility index (Phi) is 3.85. The van der Waals surface area contributed by atoms with E-state index in [1.165, 1.54) is 38.9 Å². The molecule has 1 heterocycles. The second-order valence-corrected chi connectivity index (χ2v) is 6.57. The number of nitrogens with zero attached hydrogens (tertiary/aromatic N) is 2. The molecule has 0 spiro atoms. The van der Waals surface area contributed by atoms with Gasteiger partial charge in [-0.1, -0.05) is 12.1 Å². The van der Waals surface area contributed by atoms with Gasteiger partial charge in [0.1, 0.15) is 0 Å². The van der Waals surface area contributed by atoms with E-state index in [9.17, 15) is 0 Å². The van der Waals surface area contributed by atoms with Gasteiger partial charge in [0.05, 0.1) is 11.4 Å². The summed E-state index contributed by atoms with van der Waals surface area (Å²) in [4.78, 5) is 0. The van der Waals surface area contributed by atoms with E-state index in [2.05, 4.69) is 71.0 Å². The molecule has 0 N–H and O–H groups in total. The normalized spacial score (nSPS) is 11.0. The van der Waals surface area contributed by atoms with Gasteiger partial charge in [-0.15, -0.1) is 0 Å². The van der Waals surface area contributed by atoms with Crippen molar-refractivity contribution in [3.05, 3.63) is 64.2 Å². The van der Waals surface area contributed by atoms with Gasteiger partial charge in [0, 0.05) is 18.2 Å². The minimum Gasteiger partial charge on any atom is -0.267 e. The van der Waals surface area contributed by atoms with Gasteiger partial charge in [0.25, 0.3) is 0 Å². The molecule has 2 nitrogen and oxygen atoms in total. The van der Waals surface area contributed by atoms with Gasteiger partial charge < -0.3 is 0 Å². The summed E-state index contributed by atoms with van der Waals surface area (Å²) in [6.07, 6.45) is 0. The zero-order chi connectivity index (χ0) is 16.7. The number of hydrogen-bond acceptors (Lipinski definition) is 1. The van der Waals surface area contributed by atoms with Crippen molar-refractivity contribution in [2.24, 2.45) is 7.05 Å². The van der Waals surface area contributed by atoms with E-state index in [-0.39, 0.29) is 0 Å². The molecule has 3 rings (SSSR count). The van der Waals surface area contributed by atoms with Gasteiger partial charge in [-0.2, -0.15) is 5.10 Å². The van der Waals surface area contributed by atoms with Crippen molar-refractivity contribution in [1.29, 1.82) is 0 Å². The third-order valence-corrected chi connectivity index (χ3v) is 4.91. The van der Waals surface area contributed by atoms with E-state index in [1.54, 1.807) is 0 Å². The molecule has 0 aliphatic rings. The van der Waals surface area contributed by atoms with Crippen LogP contribution < -0.4 is 0 Å². The monoisotopic (exact) mass is 304 g/mol. The Labute approximate surface area is 138 Å². The van der Waals surface area contributed by atoms with Crippen LogP contribution in [0.2, 0.25) is 0 Å². The van der Waals surface area contributed by atoms with E-state index in [0.717, 1.165) is 11.4 Å².